The van der Waals surface area contributed by atoms with E-state index < -0.39 is 0 Å². The maximum Gasteiger partial charge on any atom is 0.244 e. The van der Waals surface area contributed by atoms with Crippen LogP contribution >= 0.6 is 0 Å². The monoisotopic (exact) mass is 380 g/mol. The third kappa shape index (κ3) is 5.36. The third-order valence-corrected chi connectivity index (χ3v) is 4.43. The van der Waals surface area contributed by atoms with E-state index in [9.17, 15) is 9.59 Å². The molecule has 1 fully saturated rings. The molecule has 28 heavy (non-hydrogen) atoms. The number of hydrogen-bond donors (Lipinski definition) is 1. The lowest BCUT2D eigenvalue weighted by atomic mass is 10.2. The summed E-state index contributed by atoms with van der Waals surface area (Å²) in [6.07, 6.45) is 4.76. The second-order valence-corrected chi connectivity index (χ2v) is 6.39. The number of carbonyl (C=O) groups is 2. The fourth-order valence-corrected chi connectivity index (χ4v) is 2.93. The van der Waals surface area contributed by atoms with Crippen molar-refractivity contribution in [2.45, 2.75) is 12.8 Å². The molecule has 0 aromatic heterocycles. The molecule has 3 rings (SSSR count). The van der Waals surface area contributed by atoms with E-state index in [1.54, 1.807) is 18.1 Å². The number of nitrogens with one attached hydrogen (secondary N) is 1. The molecule has 2 aromatic carbocycles. The molecule has 1 saturated heterocycles. The fraction of sp³-hybridized carbons (Fsp3) is 0.273. The molecule has 146 valence electrons. The Bertz CT molecular complexity index is 829. The number of anilines is 1. The molecule has 6 heteroatoms. The van der Waals surface area contributed by atoms with Crippen LogP contribution in [0.15, 0.2) is 54.6 Å². The first-order valence-electron chi connectivity index (χ1n) is 9.29. The van der Waals surface area contributed by atoms with Crippen molar-refractivity contribution in [1.82, 2.24) is 5.32 Å². The molecule has 0 radical (unpaired) electrons. The largest absolute Gasteiger partial charge is 0.497 e. The van der Waals surface area contributed by atoms with Gasteiger partial charge in [0, 0.05) is 24.7 Å². The highest BCUT2D eigenvalue weighted by Gasteiger charge is 2.21. The van der Waals surface area contributed by atoms with Gasteiger partial charge in [-0.1, -0.05) is 12.1 Å². The number of benzene rings is 2. The van der Waals surface area contributed by atoms with E-state index >= 15 is 0 Å². The van der Waals surface area contributed by atoms with Crippen LogP contribution in [-0.2, 0) is 9.59 Å². The van der Waals surface area contributed by atoms with E-state index in [0.29, 0.717) is 19.6 Å². The van der Waals surface area contributed by atoms with Crippen molar-refractivity contribution in [2.75, 3.05) is 31.7 Å². The van der Waals surface area contributed by atoms with Crippen LogP contribution in [-0.4, -0.2) is 38.6 Å². The molecule has 1 aliphatic rings. The van der Waals surface area contributed by atoms with E-state index in [-0.39, 0.29) is 11.8 Å². The number of hydrogen-bond acceptors (Lipinski definition) is 4. The van der Waals surface area contributed by atoms with Gasteiger partial charge < -0.3 is 19.7 Å². The van der Waals surface area contributed by atoms with Crippen LogP contribution < -0.4 is 19.7 Å². The summed E-state index contributed by atoms with van der Waals surface area (Å²) in [5, 5.41) is 2.78. The summed E-state index contributed by atoms with van der Waals surface area (Å²) in [5.41, 5.74) is 1.81. The van der Waals surface area contributed by atoms with Gasteiger partial charge in [0.1, 0.15) is 18.1 Å². The number of methoxy groups -OCH3 is 1. The molecule has 1 aliphatic heterocycles. The lowest BCUT2D eigenvalue weighted by Crippen LogP contribution is -2.26. The van der Waals surface area contributed by atoms with Gasteiger partial charge in [0.2, 0.25) is 11.8 Å². The molecule has 0 spiro atoms. The lowest BCUT2D eigenvalue weighted by Gasteiger charge is -2.15. The first kappa shape index (κ1) is 19.5. The van der Waals surface area contributed by atoms with Gasteiger partial charge in [-0.15, -0.1) is 0 Å². The standard InChI is InChI=1S/C22H24N2O4/c1-27-19-9-11-20(12-10-19)28-16-14-23-21(25)13-6-17-4-7-18(8-5-17)24-15-2-3-22(24)26/h4-13H,2-3,14-16H2,1H3,(H,23,25)/b13-6+. The van der Waals surface area contributed by atoms with Gasteiger partial charge >= 0.3 is 0 Å². The predicted molar refractivity (Wildman–Crippen MR) is 109 cm³/mol. The second kappa shape index (κ2) is 9.60. The average Bonchev–Trinajstić information content (AvgIpc) is 3.16. The molecule has 0 bridgehead atoms. The zero-order valence-electron chi connectivity index (χ0n) is 15.9. The van der Waals surface area contributed by atoms with Crippen molar-refractivity contribution in [3.8, 4) is 11.5 Å². The number of ether oxygens (including phenoxy) is 2. The summed E-state index contributed by atoms with van der Waals surface area (Å²) in [6.45, 7) is 1.56. The molecule has 0 atom stereocenters. The third-order valence-electron chi connectivity index (χ3n) is 4.43. The molecule has 6 nitrogen and oxygen atoms in total. The number of nitrogens with zero attached hydrogens (tertiary/aromatic N) is 1. The first-order valence-corrected chi connectivity index (χ1v) is 9.29. The summed E-state index contributed by atoms with van der Waals surface area (Å²) >= 11 is 0. The van der Waals surface area contributed by atoms with Crippen LogP contribution in [0.25, 0.3) is 6.08 Å². The van der Waals surface area contributed by atoms with Gasteiger partial charge in [0.15, 0.2) is 0 Å². The maximum atomic E-state index is 11.9. The SMILES string of the molecule is COc1ccc(OCCNC(=O)/C=C/c2ccc(N3CCCC3=O)cc2)cc1. The van der Waals surface area contributed by atoms with E-state index in [1.165, 1.54) is 6.08 Å². The molecule has 2 amide bonds. The lowest BCUT2D eigenvalue weighted by molar-refractivity contribution is -0.117. The van der Waals surface area contributed by atoms with Crippen molar-refractivity contribution < 1.29 is 19.1 Å². The molecule has 1 N–H and O–H groups in total. The Morgan fingerprint density at radius 1 is 1.11 bits per heavy atom. The van der Waals surface area contributed by atoms with E-state index in [0.717, 1.165) is 35.7 Å². The Morgan fingerprint density at radius 2 is 1.82 bits per heavy atom. The normalized spacial score (nSPS) is 13.8. The minimum Gasteiger partial charge on any atom is -0.497 e. The van der Waals surface area contributed by atoms with Gasteiger partial charge in [0.05, 0.1) is 13.7 Å². The highest BCUT2D eigenvalue weighted by Crippen LogP contribution is 2.22. The second-order valence-electron chi connectivity index (χ2n) is 6.39. The Morgan fingerprint density at radius 3 is 2.46 bits per heavy atom. The van der Waals surface area contributed by atoms with Gasteiger partial charge in [-0.25, -0.2) is 0 Å². The number of carbonyl (C=O) groups excluding carboxylic acids is 2. The minimum atomic E-state index is -0.183. The van der Waals surface area contributed by atoms with Crippen molar-refractivity contribution in [3.63, 3.8) is 0 Å². The minimum absolute atomic E-state index is 0.166. The quantitative estimate of drug-likeness (QED) is 0.565. The zero-order chi connectivity index (χ0) is 19.8. The summed E-state index contributed by atoms with van der Waals surface area (Å²) in [4.78, 5) is 25.5. The summed E-state index contributed by atoms with van der Waals surface area (Å²) < 4.78 is 10.7. The number of amides is 2. The van der Waals surface area contributed by atoms with Crippen molar-refractivity contribution in [1.29, 1.82) is 0 Å². The fourth-order valence-electron chi connectivity index (χ4n) is 2.93. The molecule has 0 aliphatic carbocycles. The Balaban J connectivity index is 1.40. The van der Waals surface area contributed by atoms with E-state index in [1.807, 2.05) is 48.5 Å². The first-order chi connectivity index (χ1) is 13.7. The molecule has 0 unspecified atom stereocenters. The number of rotatable bonds is 8. The van der Waals surface area contributed by atoms with Gasteiger partial charge in [0.25, 0.3) is 0 Å². The van der Waals surface area contributed by atoms with Gasteiger partial charge in [-0.05, 0) is 54.5 Å². The maximum absolute atomic E-state index is 11.9. The van der Waals surface area contributed by atoms with E-state index in [4.69, 9.17) is 9.47 Å². The zero-order valence-corrected chi connectivity index (χ0v) is 15.9. The average molecular weight is 380 g/mol. The highest BCUT2D eigenvalue weighted by molar-refractivity contribution is 5.95. The van der Waals surface area contributed by atoms with Gasteiger partial charge in [-0.2, -0.15) is 0 Å². The van der Waals surface area contributed by atoms with Crippen LogP contribution in [0.2, 0.25) is 0 Å². The smallest absolute Gasteiger partial charge is 0.244 e. The van der Waals surface area contributed by atoms with Crippen LogP contribution in [0.5, 0.6) is 11.5 Å². The van der Waals surface area contributed by atoms with E-state index in [2.05, 4.69) is 5.32 Å². The van der Waals surface area contributed by atoms with Gasteiger partial charge in [-0.3, -0.25) is 9.59 Å². The highest BCUT2D eigenvalue weighted by atomic mass is 16.5. The molecular weight excluding hydrogens is 356 g/mol. The van der Waals surface area contributed by atoms with Crippen LogP contribution in [0.3, 0.4) is 0 Å². The Kier molecular flexibility index (Phi) is 6.68. The Hall–Kier alpha value is -3.28. The Labute approximate surface area is 164 Å². The van der Waals surface area contributed by atoms with Crippen LogP contribution in [0.1, 0.15) is 18.4 Å². The van der Waals surface area contributed by atoms with Crippen LogP contribution in [0.4, 0.5) is 5.69 Å². The van der Waals surface area contributed by atoms with Crippen LogP contribution in [0, 0.1) is 0 Å². The van der Waals surface area contributed by atoms with Crippen molar-refractivity contribution >= 4 is 23.6 Å². The summed E-state index contributed by atoms with van der Waals surface area (Å²) in [5.74, 6) is 1.48. The summed E-state index contributed by atoms with van der Waals surface area (Å²) in [7, 11) is 1.61. The molecule has 1 heterocycles. The van der Waals surface area contributed by atoms with Crippen molar-refractivity contribution in [3.05, 3.63) is 60.2 Å². The predicted octanol–water partition coefficient (Wildman–Crippen LogP) is 3.03. The molecular formula is C22H24N2O4. The summed E-state index contributed by atoms with van der Waals surface area (Å²) in [6, 6.07) is 14.9. The van der Waals surface area contributed by atoms with Crippen molar-refractivity contribution in [2.24, 2.45) is 0 Å². The molecule has 2 aromatic rings. The topological polar surface area (TPSA) is 67.9 Å². The molecule has 0 saturated carbocycles.